The van der Waals surface area contributed by atoms with Gasteiger partial charge in [-0.1, -0.05) is 49.6 Å². The van der Waals surface area contributed by atoms with Crippen molar-refractivity contribution in [1.82, 2.24) is 5.32 Å². The standard InChI is InChI=1S/C22H36NO5P/c1-22(2,3)28-21(25)23-14-20(24)17-29(26,16-19-12-8-5-9-13-19)27-15-18-10-6-4-7-11-18/h4,6-7,10-11,19-20,24H,5,8-9,12-17H2,1-3H3,(H,23,25)/t20-,29?/m1/s1. The quantitative estimate of drug-likeness (QED) is 0.547. The van der Waals surface area contributed by atoms with Crippen LogP contribution in [0.15, 0.2) is 30.3 Å². The van der Waals surface area contributed by atoms with Gasteiger partial charge in [-0.2, -0.15) is 0 Å². The van der Waals surface area contributed by atoms with Gasteiger partial charge in [0.05, 0.1) is 18.9 Å². The number of carbonyl (C=O) groups is 1. The van der Waals surface area contributed by atoms with Crippen LogP contribution in [0.5, 0.6) is 0 Å². The fourth-order valence-electron chi connectivity index (χ4n) is 3.61. The smallest absolute Gasteiger partial charge is 0.407 e. The van der Waals surface area contributed by atoms with Crippen LogP contribution in [0.4, 0.5) is 4.79 Å². The maximum absolute atomic E-state index is 13.6. The molecule has 2 rings (SSSR count). The van der Waals surface area contributed by atoms with Gasteiger partial charge in [0.1, 0.15) is 5.60 Å². The van der Waals surface area contributed by atoms with Crippen LogP contribution >= 0.6 is 7.37 Å². The van der Waals surface area contributed by atoms with Crippen molar-refractivity contribution >= 4 is 13.5 Å². The van der Waals surface area contributed by atoms with Crippen LogP contribution in [0.25, 0.3) is 0 Å². The average Bonchev–Trinajstić information content (AvgIpc) is 2.65. The number of aliphatic hydroxyl groups is 1. The van der Waals surface area contributed by atoms with Gasteiger partial charge in [0.2, 0.25) is 7.37 Å². The highest BCUT2D eigenvalue weighted by molar-refractivity contribution is 7.59. The van der Waals surface area contributed by atoms with E-state index in [2.05, 4.69) is 5.32 Å². The van der Waals surface area contributed by atoms with Crippen molar-refractivity contribution in [3.05, 3.63) is 35.9 Å². The highest BCUT2D eigenvalue weighted by atomic mass is 31.2. The first-order chi connectivity index (χ1) is 13.7. The summed E-state index contributed by atoms with van der Waals surface area (Å²) < 4.78 is 24.7. The van der Waals surface area contributed by atoms with Crippen LogP contribution in [-0.2, 0) is 20.4 Å². The van der Waals surface area contributed by atoms with Crippen molar-refractivity contribution in [2.75, 3.05) is 18.9 Å². The second kappa shape index (κ2) is 11.1. The number of benzene rings is 1. The van der Waals surface area contributed by atoms with E-state index in [9.17, 15) is 14.5 Å². The second-order valence-electron chi connectivity index (χ2n) is 8.98. The number of hydrogen-bond donors (Lipinski definition) is 2. The molecule has 2 N–H and O–H groups in total. The van der Waals surface area contributed by atoms with E-state index in [0.29, 0.717) is 12.1 Å². The molecule has 2 atom stereocenters. The van der Waals surface area contributed by atoms with Crippen LogP contribution < -0.4 is 5.32 Å². The van der Waals surface area contributed by atoms with E-state index in [1.165, 1.54) is 6.42 Å². The summed E-state index contributed by atoms with van der Waals surface area (Å²) in [5, 5.41) is 13.0. The number of nitrogens with one attached hydrogen (secondary N) is 1. The van der Waals surface area contributed by atoms with Crippen LogP contribution in [0.3, 0.4) is 0 Å². The summed E-state index contributed by atoms with van der Waals surface area (Å²) in [5.41, 5.74) is 0.349. The normalized spacial score (nSPS) is 18.6. The number of rotatable bonds is 9. The fraction of sp³-hybridized carbons (Fsp3) is 0.682. The molecule has 0 aromatic heterocycles. The predicted octanol–water partition coefficient (Wildman–Crippen LogP) is 4.95. The second-order valence-corrected chi connectivity index (χ2v) is 11.6. The van der Waals surface area contributed by atoms with Crippen LogP contribution in [0.1, 0.15) is 58.4 Å². The molecule has 0 spiro atoms. The zero-order chi connectivity index (χ0) is 21.3. The van der Waals surface area contributed by atoms with Crippen LogP contribution in [-0.4, -0.2) is 41.8 Å². The maximum Gasteiger partial charge on any atom is 0.407 e. The number of carbonyl (C=O) groups excluding carboxylic acids is 1. The SMILES string of the molecule is CC(C)(C)OC(=O)NC[C@@H](O)CP(=O)(CC1CCCCC1)OCc1ccccc1. The third-order valence-corrected chi connectivity index (χ3v) is 7.59. The predicted molar refractivity (Wildman–Crippen MR) is 115 cm³/mol. The summed E-state index contributed by atoms with van der Waals surface area (Å²) in [4.78, 5) is 11.8. The number of ether oxygens (including phenoxy) is 1. The Kier molecular flexibility index (Phi) is 9.19. The number of aliphatic hydroxyl groups excluding tert-OH is 1. The highest BCUT2D eigenvalue weighted by Gasteiger charge is 2.31. The molecule has 164 valence electrons. The molecule has 7 heteroatoms. The molecule has 0 bridgehead atoms. The summed E-state index contributed by atoms with van der Waals surface area (Å²) in [6.45, 7) is 5.58. The Morgan fingerprint density at radius 2 is 1.86 bits per heavy atom. The van der Waals surface area contributed by atoms with Crippen molar-refractivity contribution in [3.63, 3.8) is 0 Å². The summed E-state index contributed by atoms with van der Waals surface area (Å²) in [5.74, 6) is 0.372. The summed E-state index contributed by atoms with van der Waals surface area (Å²) in [7, 11) is -3.05. The molecular formula is C22H36NO5P. The van der Waals surface area contributed by atoms with Gasteiger partial charge in [-0.3, -0.25) is 4.57 Å². The highest BCUT2D eigenvalue weighted by Crippen LogP contribution is 2.51. The molecule has 0 saturated heterocycles. The topological polar surface area (TPSA) is 84.9 Å². The van der Waals surface area contributed by atoms with E-state index in [0.717, 1.165) is 31.2 Å². The zero-order valence-electron chi connectivity index (χ0n) is 17.9. The van der Waals surface area contributed by atoms with Crippen molar-refractivity contribution < 1.29 is 23.7 Å². The zero-order valence-corrected chi connectivity index (χ0v) is 18.8. The van der Waals surface area contributed by atoms with Crippen LogP contribution in [0, 0.1) is 5.92 Å². The number of amides is 1. The average molecular weight is 426 g/mol. The van der Waals surface area contributed by atoms with Gasteiger partial charge in [0.15, 0.2) is 0 Å². The molecule has 0 heterocycles. The minimum absolute atomic E-state index is 0.0156. The molecule has 1 fully saturated rings. The van der Waals surface area contributed by atoms with Gasteiger partial charge in [-0.25, -0.2) is 4.79 Å². The Morgan fingerprint density at radius 3 is 2.48 bits per heavy atom. The molecule has 1 amide bonds. The van der Waals surface area contributed by atoms with E-state index in [4.69, 9.17) is 9.26 Å². The molecular weight excluding hydrogens is 389 g/mol. The van der Waals surface area contributed by atoms with Gasteiger partial charge in [-0.15, -0.1) is 0 Å². The Hall–Kier alpha value is -1.36. The lowest BCUT2D eigenvalue weighted by atomic mass is 9.91. The molecule has 1 aromatic rings. The van der Waals surface area contributed by atoms with Crippen molar-refractivity contribution in [2.45, 2.75) is 71.2 Å². The van der Waals surface area contributed by atoms with Crippen LogP contribution in [0.2, 0.25) is 0 Å². The van der Waals surface area contributed by atoms with Gasteiger partial charge in [0.25, 0.3) is 0 Å². The third kappa shape index (κ3) is 9.79. The van der Waals surface area contributed by atoms with E-state index < -0.39 is 25.2 Å². The van der Waals surface area contributed by atoms with Gasteiger partial charge in [0, 0.05) is 12.7 Å². The summed E-state index contributed by atoms with van der Waals surface area (Å²) in [6, 6.07) is 9.64. The number of hydrogen-bond acceptors (Lipinski definition) is 5. The molecule has 6 nitrogen and oxygen atoms in total. The third-order valence-electron chi connectivity index (χ3n) is 4.94. The summed E-state index contributed by atoms with van der Waals surface area (Å²) in [6.07, 6.45) is 4.65. The molecule has 1 aliphatic rings. The van der Waals surface area contributed by atoms with Gasteiger partial charge in [-0.05, 0) is 45.1 Å². The Labute approximate surface area is 174 Å². The van der Waals surface area contributed by atoms with E-state index in [1.54, 1.807) is 20.8 Å². The lowest BCUT2D eigenvalue weighted by Crippen LogP contribution is -2.38. The molecule has 1 aromatic carbocycles. The van der Waals surface area contributed by atoms with Crippen molar-refractivity contribution in [2.24, 2.45) is 5.92 Å². The first-order valence-electron chi connectivity index (χ1n) is 10.6. The first kappa shape index (κ1) is 23.9. The number of alkyl carbamates (subject to hydrolysis) is 1. The Bertz CT molecular complexity index is 668. The molecule has 0 radical (unpaired) electrons. The largest absolute Gasteiger partial charge is 0.444 e. The van der Waals surface area contributed by atoms with E-state index >= 15 is 0 Å². The fourth-order valence-corrected chi connectivity index (χ4v) is 6.28. The Morgan fingerprint density at radius 1 is 1.21 bits per heavy atom. The minimum Gasteiger partial charge on any atom is -0.444 e. The lowest BCUT2D eigenvalue weighted by molar-refractivity contribution is 0.0497. The molecule has 0 aliphatic heterocycles. The summed E-state index contributed by atoms with van der Waals surface area (Å²) >= 11 is 0. The van der Waals surface area contributed by atoms with Gasteiger partial charge < -0.3 is 19.7 Å². The van der Waals surface area contributed by atoms with Gasteiger partial charge >= 0.3 is 6.09 Å². The molecule has 1 unspecified atom stereocenters. The Balaban J connectivity index is 1.94. The molecule has 1 saturated carbocycles. The van der Waals surface area contributed by atoms with Crippen molar-refractivity contribution in [3.8, 4) is 0 Å². The first-order valence-corrected chi connectivity index (χ1v) is 12.6. The van der Waals surface area contributed by atoms with Crippen molar-refractivity contribution in [1.29, 1.82) is 0 Å². The maximum atomic E-state index is 13.6. The van der Waals surface area contributed by atoms with E-state index in [-0.39, 0.29) is 19.3 Å². The molecule has 1 aliphatic carbocycles. The minimum atomic E-state index is -3.05. The monoisotopic (exact) mass is 425 g/mol. The lowest BCUT2D eigenvalue weighted by Gasteiger charge is -2.28. The molecule has 29 heavy (non-hydrogen) atoms. The van der Waals surface area contributed by atoms with E-state index in [1.807, 2.05) is 30.3 Å².